The number of amides is 3. The number of hydrogen-bond acceptors (Lipinski definition) is 7. The predicted molar refractivity (Wildman–Crippen MR) is 128 cm³/mol. The highest BCUT2D eigenvalue weighted by atomic mass is 32.1. The van der Waals surface area contributed by atoms with E-state index in [1.165, 1.54) is 11.3 Å². The van der Waals surface area contributed by atoms with Crippen molar-refractivity contribution in [1.29, 1.82) is 0 Å². The van der Waals surface area contributed by atoms with E-state index in [1.54, 1.807) is 46.6 Å². The summed E-state index contributed by atoms with van der Waals surface area (Å²) in [5, 5.41) is 4.98. The third-order valence-corrected chi connectivity index (χ3v) is 6.61. The maximum absolute atomic E-state index is 13.0. The first-order valence-corrected chi connectivity index (χ1v) is 12.3. The van der Waals surface area contributed by atoms with Gasteiger partial charge in [0, 0.05) is 30.1 Å². The Morgan fingerprint density at radius 2 is 1.85 bits per heavy atom. The number of thiazole rings is 1. The van der Waals surface area contributed by atoms with Gasteiger partial charge in [-0.25, -0.2) is 4.98 Å². The van der Waals surface area contributed by atoms with Crippen LogP contribution in [-0.4, -0.2) is 77.5 Å². The second kappa shape index (κ2) is 10.5. The molecule has 1 saturated heterocycles. The van der Waals surface area contributed by atoms with E-state index in [2.05, 4.69) is 10.3 Å². The van der Waals surface area contributed by atoms with Gasteiger partial charge >= 0.3 is 0 Å². The molecule has 0 spiro atoms. The summed E-state index contributed by atoms with van der Waals surface area (Å²) in [5.74, 6) is 0.176. The molecule has 182 valence electrons. The van der Waals surface area contributed by atoms with E-state index in [9.17, 15) is 14.4 Å². The maximum atomic E-state index is 13.0. The molecule has 0 radical (unpaired) electrons. The number of carbonyl (C=O) groups is 3. The fourth-order valence-corrected chi connectivity index (χ4v) is 4.79. The molecule has 2 aromatic rings. The lowest BCUT2D eigenvalue weighted by Gasteiger charge is -2.35. The molecule has 9 nitrogen and oxygen atoms in total. The number of morpholine rings is 1. The second-order valence-electron chi connectivity index (χ2n) is 8.82. The van der Waals surface area contributed by atoms with E-state index in [4.69, 9.17) is 9.47 Å². The number of hydrogen-bond donors (Lipinski definition) is 1. The lowest BCUT2D eigenvalue weighted by atomic mass is 10.2. The zero-order valence-electron chi connectivity index (χ0n) is 19.7. The summed E-state index contributed by atoms with van der Waals surface area (Å²) >= 11 is 1.27. The highest BCUT2D eigenvalue weighted by Gasteiger charge is 2.34. The topological polar surface area (TPSA) is 101 Å². The van der Waals surface area contributed by atoms with Gasteiger partial charge < -0.3 is 24.6 Å². The van der Waals surface area contributed by atoms with E-state index in [0.29, 0.717) is 35.2 Å². The number of anilines is 1. The van der Waals surface area contributed by atoms with E-state index in [1.807, 2.05) is 13.8 Å². The Morgan fingerprint density at radius 3 is 2.47 bits per heavy atom. The van der Waals surface area contributed by atoms with Gasteiger partial charge in [-0.2, -0.15) is 0 Å². The largest absolute Gasteiger partial charge is 0.497 e. The molecule has 1 N–H and O–H groups in total. The number of carbonyl (C=O) groups excluding carboxylic acids is 3. The van der Waals surface area contributed by atoms with Crippen molar-refractivity contribution < 1.29 is 23.9 Å². The number of ether oxygens (including phenoxy) is 2. The average molecular weight is 487 g/mol. The minimum Gasteiger partial charge on any atom is -0.497 e. The molecule has 2 heterocycles. The van der Waals surface area contributed by atoms with E-state index < -0.39 is 0 Å². The van der Waals surface area contributed by atoms with Crippen LogP contribution in [0, 0.1) is 0 Å². The van der Waals surface area contributed by atoms with Crippen LogP contribution >= 0.6 is 11.3 Å². The summed E-state index contributed by atoms with van der Waals surface area (Å²) in [5.41, 5.74) is 1.13. The number of nitrogens with one attached hydrogen (secondary N) is 1. The molecular weight excluding hydrogens is 456 g/mol. The summed E-state index contributed by atoms with van der Waals surface area (Å²) in [4.78, 5) is 46.1. The molecule has 2 atom stereocenters. The SMILES string of the molecule is COc1ccc(C(=O)N(CC(=O)Nc2nc(CC(=O)N3CC(C)OC(C)C3)cs2)C2CC2)cc1. The molecule has 0 bridgehead atoms. The van der Waals surface area contributed by atoms with Crippen molar-refractivity contribution >= 4 is 34.2 Å². The Morgan fingerprint density at radius 1 is 1.18 bits per heavy atom. The van der Waals surface area contributed by atoms with Gasteiger partial charge in [-0.15, -0.1) is 11.3 Å². The van der Waals surface area contributed by atoms with Crippen LogP contribution in [0.2, 0.25) is 0 Å². The molecule has 34 heavy (non-hydrogen) atoms. The third-order valence-electron chi connectivity index (χ3n) is 5.80. The van der Waals surface area contributed by atoms with Gasteiger partial charge in [-0.3, -0.25) is 14.4 Å². The lowest BCUT2D eigenvalue weighted by Crippen LogP contribution is -2.48. The molecule has 3 amide bonds. The highest BCUT2D eigenvalue weighted by molar-refractivity contribution is 7.13. The quantitative estimate of drug-likeness (QED) is 0.616. The first-order valence-electron chi connectivity index (χ1n) is 11.4. The minimum absolute atomic E-state index is 0.00447. The van der Waals surface area contributed by atoms with Gasteiger partial charge in [0.25, 0.3) is 5.91 Å². The third kappa shape index (κ3) is 6.12. The normalized spacial score (nSPS) is 20.0. The molecular formula is C24H30N4O5S. The molecule has 2 unspecified atom stereocenters. The fourth-order valence-electron chi connectivity index (χ4n) is 4.06. The Labute approximate surface area is 203 Å². The predicted octanol–water partition coefficient (Wildman–Crippen LogP) is 2.57. The van der Waals surface area contributed by atoms with Crippen LogP contribution in [0.5, 0.6) is 5.75 Å². The van der Waals surface area contributed by atoms with Crippen molar-refractivity contribution in [3.8, 4) is 5.75 Å². The van der Waals surface area contributed by atoms with Crippen LogP contribution in [0.15, 0.2) is 29.6 Å². The monoisotopic (exact) mass is 486 g/mol. The van der Waals surface area contributed by atoms with Crippen LogP contribution in [0.25, 0.3) is 0 Å². The van der Waals surface area contributed by atoms with Gasteiger partial charge in [0.15, 0.2) is 5.13 Å². The lowest BCUT2D eigenvalue weighted by molar-refractivity contribution is -0.142. The van der Waals surface area contributed by atoms with Crippen LogP contribution in [0.3, 0.4) is 0 Å². The van der Waals surface area contributed by atoms with Gasteiger partial charge in [0.2, 0.25) is 11.8 Å². The molecule has 1 saturated carbocycles. The summed E-state index contributed by atoms with van der Waals surface area (Å²) in [6, 6.07) is 6.94. The standard InChI is InChI=1S/C24H30N4O5S/c1-15-11-27(12-16(2)33-15)22(30)10-18-14-34-24(25-18)26-21(29)13-28(19-6-7-19)23(31)17-4-8-20(32-3)9-5-17/h4-5,8-9,14-16,19H,6-7,10-13H2,1-3H3,(H,25,26,29). The van der Waals surface area contributed by atoms with E-state index >= 15 is 0 Å². The van der Waals surface area contributed by atoms with Crippen molar-refractivity contribution in [1.82, 2.24) is 14.8 Å². The molecule has 1 aromatic heterocycles. The van der Waals surface area contributed by atoms with Crippen molar-refractivity contribution in [3.05, 3.63) is 40.9 Å². The number of benzene rings is 1. The van der Waals surface area contributed by atoms with Crippen molar-refractivity contribution in [2.24, 2.45) is 0 Å². The summed E-state index contributed by atoms with van der Waals surface area (Å²) in [6.07, 6.45) is 1.96. The second-order valence-corrected chi connectivity index (χ2v) is 9.68. The van der Waals surface area contributed by atoms with Crippen LogP contribution in [-0.2, 0) is 20.7 Å². The van der Waals surface area contributed by atoms with E-state index in [0.717, 1.165) is 12.8 Å². The van der Waals surface area contributed by atoms with Crippen molar-refractivity contribution in [2.75, 3.05) is 32.1 Å². The van der Waals surface area contributed by atoms with Crippen LogP contribution < -0.4 is 10.1 Å². The van der Waals surface area contributed by atoms with Gasteiger partial charge in [-0.1, -0.05) is 0 Å². The fraction of sp³-hybridized carbons (Fsp3) is 0.500. The summed E-state index contributed by atoms with van der Waals surface area (Å²) in [7, 11) is 1.57. The molecule has 1 aliphatic carbocycles. The highest BCUT2D eigenvalue weighted by Crippen LogP contribution is 2.29. The summed E-state index contributed by atoms with van der Waals surface area (Å²) in [6.45, 7) is 4.99. The summed E-state index contributed by atoms with van der Waals surface area (Å²) < 4.78 is 10.8. The van der Waals surface area contributed by atoms with Crippen LogP contribution in [0.1, 0.15) is 42.7 Å². The van der Waals surface area contributed by atoms with Gasteiger partial charge in [-0.05, 0) is 51.0 Å². The van der Waals surface area contributed by atoms with Crippen molar-refractivity contribution in [2.45, 2.75) is 51.4 Å². The average Bonchev–Trinajstić information content (AvgIpc) is 3.56. The van der Waals surface area contributed by atoms with E-state index in [-0.39, 0.29) is 48.9 Å². The molecule has 4 rings (SSSR count). The molecule has 2 fully saturated rings. The minimum atomic E-state index is -0.309. The Kier molecular flexibility index (Phi) is 7.47. The number of nitrogens with zero attached hydrogens (tertiary/aromatic N) is 3. The number of aromatic nitrogens is 1. The number of rotatable bonds is 8. The molecule has 1 aliphatic heterocycles. The molecule has 10 heteroatoms. The number of methoxy groups -OCH3 is 1. The molecule has 2 aliphatic rings. The van der Waals surface area contributed by atoms with Gasteiger partial charge in [0.05, 0.1) is 31.4 Å². The first kappa shape index (κ1) is 24.2. The maximum Gasteiger partial charge on any atom is 0.254 e. The Balaban J connectivity index is 1.32. The first-order chi connectivity index (χ1) is 16.3. The Bertz CT molecular complexity index is 1030. The molecule has 1 aromatic carbocycles. The smallest absolute Gasteiger partial charge is 0.254 e. The van der Waals surface area contributed by atoms with Gasteiger partial charge in [0.1, 0.15) is 12.3 Å². The van der Waals surface area contributed by atoms with Crippen LogP contribution in [0.4, 0.5) is 5.13 Å². The Hall–Kier alpha value is -2.98. The zero-order valence-corrected chi connectivity index (χ0v) is 20.5. The van der Waals surface area contributed by atoms with Crippen molar-refractivity contribution in [3.63, 3.8) is 0 Å². The zero-order chi connectivity index (χ0) is 24.2.